The second-order valence-corrected chi connectivity index (χ2v) is 7.69. The van der Waals surface area contributed by atoms with Crippen molar-refractivity contribution in [3.05, 3.63) is 51.3 Å². The van der Waals surface area contributed by atoms with Crippen molar-refractivity contribution in [2.45, 2.75) is 18.9 Å². The SMILES string of the molecule is Cn1nc(C(=O)N2CCN(Cc3cccc(C(F)(F)F)c3)CC2)c(Br)c1C(F)(F)F. The van der Waals surface area contributed by atoms with Crippen molar-refractivity contribution in [3.63, 3.8) is 0 Å². The number of halogens is 7. The summed E-state index contributed by atoms with van der Waals surface area (Å²) in [4.78, 5) is 15.9. The number of hydrogen-bond donors (Lipinski definition) is 0. The van der Waals surface area contributed by atoms with Crippen LogP contribution in [0.4, 0.5) is 26.3 Å². The van der Waals surface area contributed by atoms with E-state index in [-0.39, 0.29) is 25.3 Å². The number of carbonyl (C=O) groups is 1. The largest absolute Gasteiger partial charge is 0.434 e. The number of aryl methyl sites for hydroxylation is 1. The second kappa shape index (κ2) is 8.22. The Morgan fingerprint density at radius 2 is 1.70 bits per heavy atom. The van der Waals surface area contributed by atoms with Gasteiger partial charge in [-0.25, -0.2) is 0 Å². The van der Waals surface area contributed by atoms with E-state index in [0.717, 1.165) is 19.2 Å². The van der Waals surface area contributed by atoms with E-state index in [4.69, 9.17) is 0 Å². The van der Waals surface area contributed by atoms with Gasteiger partial charge in [-0.1, -0.05) is 18.2 Å². The summed E-state index contributed by atoms with van der Waals surface area (Å²) in [5.74, 6) is -0.633. The summed E-state index contributed by atoms with van der Waals surface area (Å²) < 4.78 is 78.0. The fourth-order valence-electron chi connectivity index (χ4n) is 3.31. The van der Waals surface area contributed by atoms with Crippen LogP contribution in [0.5, 0.6) is 0 Å². The summed E-state index contributed by atoms with van der Waals surface area (Å²) in [5.41, 5.74) is -1.61. The Hall–Kier alpha value is -2.08. The standard InChI is InChI=1S/C18H17BrF6N4O/c1-27-15(18(23,24)25)13(19)14(26-27)16(30)29-7-5-28(6-8-29)10-11-3-2-4-12(9-11)17(20,21)22/h2-4,9H,5-8,10H2,1H3. The van der Waals surface area contributed by atoms with Gasteiger partial charge >= 0.3 is 12.4 Å². The van der Waals surface area contributed by atoms with Crippen molar-refractivity contribution in [2.24, 2.45) is 7.05 Å². The molecule has 0 atom stereocenters. The molecule has 0 N–H and O–H groups in total. The first-order valence-corrected chi connectivity index (χ1v) is 9.64. The Morgan fingerprint density at radius 1 is 1.07 bits per heavy atom. The van der Waals surface area contributed by atoms with Crippen molar-refractivity contribution in [3.8, 4) is 0 Å². The fraction of sp³-hybridized carbons (Fsp3) is 0.444. The molecule has 12 heteroatoms. The van der Waals surface area contributed by atoms with Crippen molar-refractivity contribution >= 4 is 21.8 Å². The molecular formula is C18H17BrF6N4O. The highest BCUT2D eigenvalue weighted by Crippen LogP contribution is 2.36. The van der Waals surface area contributed by atoms with E-state index in [9.17, 15) is 31.1 Å². The summed E-state index contributed by atoms with van der Waals surface area (Å²) in [6, 6.07) is 5.02. The number of hydrogen-bond acceptors (Lipinski definition) is 3. The topological polar surface area (TPSA) is 41.4 Å². The van der Waals surface area contributed by atoms with E-state index in [1.165, 1.54) is 11.0 Å². The maximum atomic E-state index is 13.1. The highest BCUT2D eigenvalue weighted by molar-refractivity contribution is 9.10. The Morgan fingerprint density at radius 3 is 2.23 bits per heavy atom. The molecule has 164 valence electrons. The molecule has 1 aliphatic heterocycles. The van der Waals surface area contributed by atoms with Gasteiger partial charge in [0.05, 0.1) is 10.0 Å². The highest BCUT2D eigenvalue weighted by Gasteiger charge is 2.40. The van der Waals surface area contributed by atoms with E-state index < -0.39 is 34.0 Å². The lowest BCUT2D eigenvalue weighted by atomic mass is 10.1. The molecule has 1 fully saturated rings. The van der Waals surface area contributed by atoms with Crippen LogP contribution in [0.25, 0.3) is 0 Å². The number of amides is 1. The van der Waals surface area contributed by atoms with Crippen LogP contribution in [-0.4, -0.2) is 51.7 Å². The summed E-state index contributed by atoms with van der Waals surface area (Å²) in [6.45, 7) is 1.47. The molecule has 2 aromatic rings. The third kappa shape index (κ3) is 4.80. The van der Waals surface area contributed by atoms with Gasteiger partial charge in [0.1, 0.15) is 0 Å². The molecular weight excluding hydrogens is 482 g/mol. The molecule has 1 aromatic heterocycles. The van der Waals surface area contributed by atoms with Crippen LogP contribution >= 0.6 is 15.9 Å². The lowest BCUT2D eigenvalue weighted by Gasteiger charge is -2.34. The first kappa shape index (κ1) is 22.6. The predicted molar refractivity (Wildman–Crippen MR) is 98.5 cm³/mol. The molecule has 1 amide bonds. The molecule has 0 saturated carbocycles. The van der Waals surface area contributed by atoms with Crippen molar-refractivity contribution in [1.29, 1.82) is 0 Å². The minimum atomic E-state index is -4.66. The minimum Gasteiger partial charge on any atom is -0.335 e. The molecule has 5 nitrogen and oxygen atoms in total. The second-order valence-electron chi connectivity index (χ2n) is 6.90. The molecule has 0 aliphatic carbocycles. The van der Waals surface area contributed by atoms with Crippen LogP contribution in [0.2, 0.25) is 0 Å². The Balaban J connectivity index is 1.64. The zero-order chi connectivity index (χ0) is 22.3. The van der Waals surface area contributed by atoms with Gasteiger partial charge in [0, 0.05) is 39.8 Å². The summed E-state index contributed by atoms with van der Waals surface area (Å²) in [6.07, 6.45) is -9.09. The van der Waals surface area contributed by atoms with E-state index in [1.54, 1.807) is 6.07 Å². The Labute approximate surface area is 176 Å². The smallest absolute Gasteiger partial charge is 0.335 e. The van der Waals surface area contributed by atoms with Gasteiger partial charge in [0.2, 0.25) is 0 Å². The molecule has 3 rings (SSSR count). The minimum absolute atomic E-state index is 0.224. The van der Waals surface area contributed by atoms with E-state index in [2.05, 4.69) is 21.0 Å². The van der Waals surface area contributed by atoms with Crippen LogP contribution in [0, 0.1) is 0 Å². The maximum absolute atomic E-state index is 13.1. The molecule has 30 heavy (non-hydrogen) atoms. The van der Waals surface area contributed by atoms with Crippen LogP contribution in [-0.2, 0) is 25.9 Å². The van der Waals surface area contributed by atoms with Crippen molar-refractivity contribution in [2.75, 3.05) is 26.2 Å². The summed E-state index contributed by atoms with van der Waals surface area (Å²) in [7, 11) is 1.11. The number of piperazine rings is 1. The number of alkyl halides is 6. The van der Waals surface area contributed by atoms with Crippen molar-refractivity contribution < 1.29 is 31.1 Å². The van der Waals surface area contributed by atoms with Crippen LogP contribution < -0.4 is 0 Å². The molecule has 0 bridgehead atoms. The van der Waals surface area contributed by atoms with Crippen molar-refractivity contribution in [1.82, 2.24) is 19.6 Å². The zero-order valence-corrected chi connectivity index (χ0v) is 17.3. The number of rotatable bonds is 3. The molecule has 1 saturated heterocycles. The monoisotopic (exact) mass is 498 g/mol. The van der Waals surface area contributed by atoms with Gasteiger partial charge < -0.3 is 4.90 Å². The normalized spacial score (nSPS) is 16.2. The molecule has 0 spiro atoms. The van der Waals surface area contributed by atoms with Gasteiger partial charge in [0.25, 0.3) is 5.91 Å². The van der Waals surface area contributed by atoms with Crippen LogP contribution in [0.15, 0.2) is 28.7 Å². The van der Waals surface area contributed by atoms with Gasteiger partial charge in [-0.2, -0.15) is 31.4 Å². The third-order valence-corrected chi connectivity index (χ3v) is 5.53. The average Bonchev–Trinajstić information content (AvgIpc) is 2.95. The molecule has 0 radical (unpaired) electrons. The maximum Gasteiger partial charge on any atom is 0.434 e. The number of nitrogens with zero attached hydrogens (tertiary/aromatic N) is 4. The summed E-state index contributed by atoms with van der Waals surface area (Å²) in [5, 5.41) is 3.71. The fourth-order valence-corrected chi connectivity index (χ4v) is 4.04. The molecule has 1 aromatic carbocycles. The van der Waals surface area contributed by atoms with E-state index in [1.807, 2.05) is 4.90 Å². The lowest BCUT2D eigenvalue weighted by molar-refractivity contribution is -0.144. The molecule has 1 aliphatic rings. The number of benzene rings is 1. The van der Waals surface area contributed by atoms with Crippen LogP contribution in [0.1, 0.15) is 27.3 Å². The number of aromatic nitrogens is 2. The molecule has 0 unspecified atom stereocenters. The Kier molecular flexibility index (Phi) is 6.19. The van der Waals surface area contributed by atoms with Gasteiger partial charge in [-0.15, -0.1) is 0 Å². The quantitative estimate of drug-likeness (QED) is 0.596. The van der Waals surface area contributed by atoms with Gasteiger partial charge in [-0.3, -0.25) is 14.4 Å². The first-order valence-electron chi connectivity index (χ1n) is 8.85. The number of carbonyl (C=O) groups excluding carboxylic acids is 1. The third-order valence-electron chi connectivity index (χ3n) is 4.78. The lowest BCUT2D eigenvalue weighted by Crippen LogP contribution is -2.48. The average molecular weight is 499 g/mol. The van der Waals surface area contributed by atoms with Gasteiger partial charge in [0.15, 0.2) is 11.4 Å². The Bertz CT molecular complexity index is 932. The summed E-state index contributed by atoms with van der Waals surface area (Å²) >= 11 is 2.83. The van der Waals surface area contributed by atoms with Crippen LogP contribution in [0.3, 0.4) is 0 Å². The highest BCUT2D eigenvalue weighted by atomic mass is 79.9. The zero-order valence-electron chi connectivity index (χ0n) is 15.7. The van der Waals surface area contributed by atoms with E-state index in [0.29, 0.717) is 23.3 Å². The molecule has 2 heterocycles. The van der Waals surface area contributed by atoms with E-state index >= 15 is 0 Å². The van der Waals surface area contributed by atoms with Gasteiger partial charge in [-0.05, 0) is 27.6 Å². The predicted octanol–water partition coefficient (Wildman–Crippen LogP) is 4.18. The first-order chi connectivity index (χ1) is 13.9.